The van der Waals surface area contributed by atoms with Crippen molar-refractivity contribution in [2.75, 3.05) is 31.6 Å². The molecule has 0 saturated carbocycles. The van der Waals surface area contributed by atoms with Crippen LogP contribution in [0.15, 0.2) is 45.8 Å². The average molecular weight is 457 g/mol. The molecule has 27 heavy (non-hydrogen) atoms. The molecule has 1 fully saturated rings. The highest BCUT2D eigenvalue weighted by molar-refractivity contribution is 9.10. The maximum atomic E-state index is 14.2. The zero-order valence-corrected chi connectivity index (χ0v) is 16.9. The van der Waals surface area contributed by atoms with Crippen LogP contribution in [0.3, 0.4) is 0 Å². The molecule has 0 atom stereocenters. The third kappa shape index (κ3) is 4.37. The Bertz CT molecular complexity index is 975. The number of carbonyl (C=O) groups is 1. The fourth-order valence-electron chi connectivity index (χ4n) is 2.69. The number of morpholine rings is 1. The molecule has 0 aliphatic carbocycles. The fourth-order valence-corrected chi connectivity index (χ4v) is 4.71. The van der Waals surface area contributed by atoms with Gasteiger partial charge in [-0.2, -0.15) is 4.31 Å². The Morgan fingerprint density at radius 1 is 1.19 bits per heavy atom. The molecular formula is C18H18BrFN2O4S. The minimum atomic E-state index is -3.82. The van der Waals surface area contributed by atoms with Crippen molar-refractivity contribution in [2.24, 2.45) is 0 Å². The van der Waals surface area contributed by atoms with Gasteiger partial charge in [0, 0.05) is 17.6 Å². The molecule has 0 radical (unpaired) electrons. The predicted octanol–water partition coefficient (Wildman–Crippen LogP) is 3.17. The summed E-state index contributed by atoms with van der Waals surface area (Å²) in [4.78, 5) is 12.4. The van der Waals surface area contributed by atoms with E-state index < -0.39 is 21.7 Å². The number of nitrogens with zero attached hydrogens (tertiary/aromatic N) is 1. The van der Waals surface area contributed by atoms with E-state index in [0.29, 0.717) is 23.4 Å². The van der Waals surface area contributed by atoms with Crippen molar-refractivity contribution in [2.45, 2.75) is 11.8 Å². The summed E-state index contributed by atoms with van der Waals surface area (Å²) in [6, 6.07) is 8.52. The topological polar surface area (TPSA) is 75.7 Å². The summed E-state index contributed by atoms with van der Waals surface area (Å²) >= 11 is 3.34. The molecule has 0 aromatic heterocycles. The van der Waals surface area contributed by atoms with E-state index >= 15 is 0 Å². The third-order valence-corrected chi connectivity index (χ3v) is 6.71. The Morgan fingerprint density at radius 2 is 1.89 bits per heavy atom. The number of halogens is 2. The van der Waals surface area contributed by atoms with Crippen LogP contribution in [0.25, 0.3) is 0 Å². The number of anilines is 1. The first-order valence-electron chi connectivity index (χ1n) is 8.24. The molecule has 1 saturated heterocycles. The summed E-state index contributed by atoms with van der Waals surface area (Å²) in [6.07, 6.45) is 0. The van der Waals surface area contributed by atoms with Gasteiger partial charge < -0.3 is 10.1 Å². The van der Waals surface area contributed by atoms with E-state index in [1.54, 1.807) is 12.1 Å². The van der Waals surface area contributed by atoms with Crippen molar-refractivity contribution in [3.8, 4) is 0 Å². The summed E-state index contributed by atoms with van der Waals surface area (Å²) in [5.41, 5.74) is 1.12. The molecular weight excluding hydrogens is 439 g/mol. The number of sulfonamides is 1. The number of benzene rings is 2. The van der Waals surface area contributed by atoms with Gasteiger partial charge in [-0.3, -0.25) is 4.79 Å². The molecule has 0 spiro atoms. The number of nitrogens with one attached hydrogen (secondary N) is 1. The van der Waals surface area contributed by atoms with Crippen LogP contribution < -0.4 is 5.32 Å². The highest BCUT2D eigenvalue weighted by Gasteiger charge is 2.28. The highest BCUT2D eigenvalue weighted by Crippen LogP contribution is 2.25. The second-order valence-electron chi connectivity index (χ2n) is 6.10. The van der Waals surface area contributed by atoms with E-state index in [0.717, 1.165) is 17.7 Å². The molecule has 9 heteroatoms. The maximum Gasteiger partial charge on any atom is 0.258 e. The Kier molecular flexibility index (Phi) is 5.95. The van der Waals surface area contributed by atoms with E-state index in [1.165, 1.54) is 10.4 Å². The Hall–Kier alpha value is -1.81. The van der Waals surface area contributed by atoms with Crippen molar-refractivity contribution in [1.29, 1.82) is 0 Å². The smallest absolute Gasteiger partial charge is 0.258 e. The van der Waals surface area contributed by atoms with E-state index in [9.17, 15) is 17.6 Å². The van der Waals surface area contributed by atoms with Gasteiger partial charge in [0.05, 0.1) is 29.4 Å². The quantitative estimate of drug-likeness (QED) is 0.766. The lowest BCUT2D eigenvalue weighted by atomic mass is 10.2. The number of aryl methyl sites for hydroxylation is 1. The minimum Gasteiger partial charge on any atom is -0.379 e. The summed E-state index contributed by atoms with van der Waals surface area (Å²) in [6.45, 7) is 2.94. The molecule has 0 unspecified atom stereocenters. The minimum absolute atomic E-state index is 0.126. The molecule has 1 aliphatic rings. The molecule has 1 aliphatic heterocycles. The first-order valence-corrected chi connectivity index (χ1v) is 10.5. The summed E-state index contributed by atoms with van der Waals surface area (Å²) in [5, 5.41) is 2.60. The number of carbonyl (C=O) groups excluding carboxylic acids is 1. The first kappa shape index (κ1) is 19.9. The zero-order valence-electron chi connectivity index (χ0n) is 14.5. The van der Waals surface area contributed by atoms with Crippen LogP contribution in [0.4, 0.5) is 10.1 Å². The number of hydrogen-bond acceptors (Lipinski definition) is 4. The zero-order chi connectivity index (χ0) is 19.6. The van der Waals surface area contributed by atoms with Crippen LogP contribution in [-0.2, 0) is 14.8 Å². The predicted molar refractivity (Wildman–Crippen MR) is 103 cm³/mol. The first-order chi connectivity index (χ1) is 12.8. The molecule has 2 aromatic rings. The second-order valence-corrected chi connectivity index (χ2v) is 8.89. The maximum absolute atomic E-state index is 14.2. The van der Waals surface area contributed by atoms with Gasteiger partial charge in [0.1, 0.15) is 5.82 Å². The van der Waals surface area contributed by atoms with Crippen LogP contribution in [0.2, 0.25) is 0 Å². The number of ether oxygens (including phenoxy) is 1. The SMILES string of the molecule is Cc1ccc(NC(=O)c2cc(S(=O)(=O)N3CCOCC3)ccc2F)c(Br)c1. The van der Waals surface area contributed by atoms with Gasteiger partial charge in [-0.1, -0.05) is 6.07 Å². The summed E-state index contributed by atoms with van der Waals surface area (Å²) in [5.74, 6) is -1.52. The molecule has 6 nitrogen and oxygen atoms in total. The molecule has 2 aromatic carbocycles. The summed E-state index contributed by atoms with van der Waals surface area (Å²) in [7, 11) is -3.82. The Balaban J connectivity index is 1.89. The van der Waals surface area contributed by atoms with Crippen LogP contribution in [0.1, 0.15) is 15.9 Å². The van der Waals surface area contributed by atoms with Gasteiger partial charge in [-0.15, -0.1) is 0 Å². The van der Waals surface area contributed by atoms with Gasteiger partial charge >= 0.3 is 0 Å². The van der Waals surface area contributed by atoms with Crippen molar-refractivity contribution >= 4 is 37.5 Å². The van der Waals surface area contributed by atoms with Gasteiger partial charge in [0.25, 0.3) is 5.91 Å². The molecule has 1 N–H and O–H groups in total. The second kappa shape index (κ2) is 8.05. The number of amides is 1. The lowest BCUT2D eigenvalue weighted by molar-refractivity contribution is 0.0730. The van der Waals surface area contributed by atoms with E-state index in [4.69, 9.17) is 4.74 Å². The highest BCUT2D eigenvalue weighted by atomic mass is 79.9. The van der Waals surface area contributed by atoms with Crippen LogP contribution in [0.5, 0.6) is 0 Å². The van der Waals surface area contributed by atoms with Gasteiger partial charge in [-0.25, -0.2) is 12.8 Å². The third-order valence-electron chi connectivity index (χ3n) is 4.16. The molecule has 144 valence electrons. The van der Waals surface area contributed by atoms with Crippen molar-refractivity contribution in [1.82, 2.24) is 4.31 Å². The molecule has 1 amide bonds. The van der Waals surface area contributed by atoms with Gasteiger partial charge in [0.15, 0.2) is 0 Å². The monoisotopic (exact) mass is 456 g/mol. The van der Waals surface area contributed by atoms with Crippen LogP contribution >= 0.6 is 15.9 Å². The van der Waals surface area contributed by atoms with Crippen LogP contribution in [0, 0.1) is 12.7 Å². The molecule has 3 rings (SSSR count). The lowest BCUT2D eigenvalue weighted by Crippen LogP contribution is -2.40. The normalized spacial score (nSPS) is 15.5. The number of hydrogen-bond donors (Lipinski definition) is 1. The van der Waals surface area contributed by atoms with E-state index in [2.05, 4.69) is 21.2 Å². The van der Waals surface area contributed by atoms with Crippen molar-refractivity contribution < 1.29 is 22.3 Å². The average Bonchev–Trinajstić information content (AvgIpc) is 2.65. The van der Waals surface area contributed by atoms with E-state index in [-0.39, 0.29) is 23.5 Å². The number of rotatable bonds is 4. The Morgan fingerprint density at radius 3 is 2.56 bits per heavy atom. The van der Waals surface area contributed by atoms with Gasteiger partial charge in [-0.05, 0) is 58.7 Å². The van der Waals surface area contributed by atoms with Gasteiger partial charge in [0.2, 0.25) is 10.0 Å². The lowest BCUT2D eigenvalue weighted by Gasteiger charge is -2.26. The summed E-state index contributed by atoms with van der Waals surface area (Å²) < 4.78 is 46.8. The molecule has 0 bridgehead atoms. The largest absolute Gasteiger partial charge is 0.379 e. The molecule has 1 heterocycles. The van der Waals surface area contributed by atoms with Crippen molar-refractivity contribution in [3.63, 3.8) is 0 Å². The van der Waals surface area contributed by atoms with Crippen LogP contribution in [-0.4, -0.2) is 44.9 Å². The fraction of sp³-hybridized carbons (Fsp3) is 0.278. The van der Waals surface area contributed by atoms with Crippen molar-refractivity contribution in [3.05, 3.63) is 57.8 Å². The standard InChI is InChI=1S/C18H18BrFN2O4S/c1-12-2-5-17(15(19)10-12)21-18(23)14-11-13(3-4-16(14)20)27(24,25)22-6-8-26-9-7-22/h2-5,10-11H,6-9H2,1H3,(H,21,23). The Labute approximate surface area is 165 Å². The van der Waals surface area contributed by atoms with E-state index in [1.807, 2.05) is 13.0 Å².